The Morgan fingerprint density at radius 3 is 1.50 bits per heavy atom. The fourth-order valence-electron chi connectivity index (χ4n) is 0. The van der Waals surface area contributed by atoms with Crippen molar-refractivity contribution in [3.8, 4) is 0 Å². The van der Waals surface area contributed by atoms with E-state index in [1.807, 2.05) is 7.05 Å². The van der Waals surface area contributed by atoms with Gasteiger partial charge in [-0.15, -0.1) is 0 Å². The van der Waals surface area contributed by atoms with Crippen molar-refractivity contribution in [2.24, 2.45) is 0 Å². The van der Waals surface area contributed by atoms with Crippen molar-refractivity contribution in [3.63, 3.8) is 0 Å². The second-order valence-electron chi connectivity index (χ2n) is 0.748. The molecule has 0 aliphatic heterocycles. The van der Waals surface area contributed by atoms with Gasteiger partial charge < -0.3 is 0 Å². The minimum atomic E-state index is -2.15. The molecule has 0 saturated heterocycles. The molecule has 0 aliphatic rings. The van der Waals surface area contributed by atoms with Crippen LogP contribution in [-0.2, 0) is 0 Å². The van der Waals surface area contributed by atoms with E-state index < -0.39 is 14.2 Å². The fraction of sp³-hybridized carbons (Fsp3) is 1.00. The third kappa shape index (κ3) is 6.32. The number of rotatable bonds is 1. The van der Waals surface area contributed by atoms with Crippen LogP contribution in [0, 0.1) is 0 Å². The van der Waals surface area contributed by atoms with E-state index in [-0.39, 0.29) is 0 Å². The number of halogens is 3. The molecule has 0 radical (unpaired) electrons. The normalized spacial score (nSPS) is 12.0. The van der Waals surface area contributed by atoms with Crippen molar-refractivity contribution in [2.45, 2.75) is 0 Å². The standard InChI is InChI=1S/CH4N.3BrH.Pb/c1-2;;;;/h2H,1H3;3*1H;/q-1;;;;+4/p-3. The summed E-state index contributed by atoms with van der Waals surface area (Å²) in [6.45, 7) is 0. The van der Waals surface area contributed by atoms with Crippen molar-refractivity contribution < 1.29 is 0 Å². The van der Waals surface area contributed by atoms with Gasteiger partial charge in [-0.3, -0.25) is 0 Å². The summed E-state index contributed by atoms with van der Waals surface area (Å²) in [5.41, 5.74) is 0. The first kappa shape index (κ1) is 8.32. The van der Waals surface area contributed by atoms with Gasteiger partial charge in [0.05, 0.1) is 0 Å². The molecular formula is CH4Br3NPb. The summed E-state index contributed by atoms with van der Waals surface area (Å²) in [6, 6.07) is 0. The average molecular weight is 477 g/mol. The quantitative estimate of drug-likeness (QED) is 0.569. The molecule has 0 fully saturated rings. The van der Waals surface area contributed by atoms with Gasteiger partial charge >= 0.3 is 60.4 Å². The Balaban J connectivity index is 3.17. The third-order valence-electron chi connectivity index (χ3n) is 0.283. The number of hydrogen-bond donors (Lipinski definition) is 1. The molecule has 0 amide bonds. The molecular weight excluding hydrogens is 473 g/mol. The average Bonchev–Trinajstić information content (AvgIpc) is 1.35. The Labute approximate surface area is 59.2 Å². The Morgan fingerprint density at radius 2 is 1.50 bits per heavy atom. The summed E-state index contributed by atoms with van der Waals surface area (Å²) in [5, 5.41) is 0. The first-order valence-corrected chi connectivity index (χ1v) is 28.5. The van der Waals surface area contributed by atoms with Gasteiger partial charge in [-0.1, -0.05) is 0 Å². The van der Waals surface area contributed by atoms with E-state index in [2.05, 4.69) is 39.1 Å². The predicted molar refractivity (Wildman–Crippen MR) is 41.6 cm³/mol. The number of nitrogens with one attached hydrogen (secondary N) is 1. The zero-order valence-corrected chi connectivity index (χ0v) is 11.8. The summed E-state index contributed by atoms with van der Waals surface area (Å²) < 4.78 is 3.08. The van der Waals surface area contributed by atoms with Crippen LogP contribution in [0.25, 0.3) is 0 Å². The van der Waals surface area contributed by atoms with E-state index in [9.17, 15) is 0 Å². The maximum atomic E-state index is 3.42. The van der Waals surface area contributed by atoms with Crippen LogP contribution in [0.1, 0.15) is 0 Å². The molecule has 0 unspecified atom stereocenters. The van der Waals surface area contributed by atoms with E-state index >= 15 is 0 Å². The van der Waals surface area contributed by atoms with Crippen LogP contribution in [0.2, 0.25) is 0 Å². The second-order valence-corrected chi connectivity index (χ2v) is 65.9. The molecule has 0 saturated carbocycles. The molecule has 0 aromatic carbocycles. The van der Waals surface area contributed by atoms with Gasteiger partial charge in [-0.25, -0.2) is 0 Å². The Bertz CT molecular complexity index is 40.5. The second kappa shape index (κ2) is 3.37. The van der Waals surface area contributed by atoms with Crippen molar-refractivity contribution >= 4 is 50.2 Å². The topological polar surface area (TPSA) is 12.0 Å². The van der Waals surface area contributed by atoms with Gasteiger partial charge in [0, 0.05) is 0 Å². The summed E-state index contributed by atoms with van der Waals surface area (Å²) in [4.78, 5) is 0. The van der Waals surface area contributed by atoms with Crippen LogP contribution < -0.4 is 3.13 Å². The first-order chi connectivity index (χ1) is 2.56. The van der Waals surface area contributed by atoms with Gasteiger partial charge in [-0.05, 0) is 0 Å². The van der Waals surface area contributed by atoms with Crippen LogP contribution in [0.15, 0.2) is 0 Å². The maximum absolute atomic E-state index is 3.42. The fourth-order valence-corrected chi connectivity index (χ4v) is 0. The summed E-state index contributed by atoms with van der Waals surface area (Å²) in [5.74, 6) is 0. The Morgan fingerprint density at radius 1 is 1.33 bits per heavy atom. The molecule has 1 nitrogen and oxygen atoms in total. The van der Waals surface area contributed by atoms with Gasteiger partial charge in [-0.2, -0.15) is 0 Å². The van der Waals surface area contributed by atoms with Crippen LogP contribution >= 0.6 is 36.0 Å². The zero-order valence-electron chi connectivity index (χ0n) is 3.13. The van der Waals surface area contributed by atoms with Crippen LogP contribution in [-0.4, -0.2) is 21.3 Å². The molecule has 0 atom stereocenters. The Kier molecular flexibility index (Phi) is 4.67. The summed E-state index contributed by atoms with van der Waals surface area (Å²) >= 11 is 8.12. The predicted octanol–water partition coefficient (Wildman–Crippen LogP) is 1.83. The minimum absolute atomic E-state index is 1.92. The van der Waals surface area contributed by atoms with Gasteiger partial charge in [0.15, 0.2) is 0 Å². The summed E-state index contributed by atoms with van der Waals surface area (Å²) in [7, 11) is 1.92. The van der Waals surface area contributed by atoms with Gasteiger partial charge in [0.2, 0.25) is 0 Å². The van der Waals surface area contributed by atoms with E-state index in [0.29, 0.717) is 0 Å². The van der Waals surface area contributed by atoms with E-state index in [1.165, 1.54) is 0 Å². The monoisotopic (exact) mass is 475 g/mol. The zero-order chi connectivity index (χ0) is 5.21. The molecule has 0 rings (SSSR count). The molecule has 5 heteroatoms. The molecule has 0 spiro atoms. The van der Waals surface area contributed by atoms with Crippen LogP contribution in [0.5, 0.6) is 0 Å². The van der Waals surface area contributed by atoms with Gasteiger partial charge in [0.1, 0.15) is 0 Å². The molecule has 6 heavy (non-hydrogen) atoms. The third-order valence-corrected chi connectivity index (χ3v) is 12.9. The van der Waals surface area contributed by atoms with Gasteiger partial charge in [0.25, 0.3) is 0 Å². The molecule has 0 aliphatic carbocycles. The summed E-state index contributed by atoms with van der Waals surface area (Å²) in [6.07, 6.45) is 0. The van der Waals surface area contributed by atoms with Crippen molar-refractivity contribution in [1.82, 2.24) is 3.13 Å². The van der Waals surface area contributed by atoms with Crippen molar-refractivity contribution in [3.05, 3.63) is 0 Å². The SMILES string of the molecule is C[NH][Pb]([Br])([Br])[Br]. The van der Waals surface area contributed by atoms with Crippen LogP contribution in [0.4, 0.5) is 0 Å². The van der Waals surface area contributed by atoms with Crippen molar-refractivity contribution in [1.29, 1.82) is 0 Å². The van der Waals surface area contributed by atoms with Crippen LogP contribution in [0.3, 0.4) is 0 Å². The molecule has 38 valence electrons. The molecule has 0 aromatic rings. The number of hydrogen-bond acceptors (Lipinski definition) is 1. The Hall–Kier alpha value is 2.32. The van der Waals surface area contributed by atoms with E-state index in [4.69, 9.17) is 0 Å². The molecule has 0 bridgehead atoms. The van der Waals surface area contributed by atoms with Crippen molar-refractivity contribution in [2.75, 3.05) is 7.05 Å². The van der Waals surface area contributed by atoms with E-state index in [0.717, 1.165) is 0 Å². The molecule has 0 aromatic heterocycles. The molecule has 0 heterocycles. The molecule has 1 N–H and O–H groups in total. The first-order valence-electron chi connectivity index (χ1n) is 1.32. The van der Waals surface area contributed by atoms with E-state index in [1.54, 1.807) is 0 Å².